The lowest BCUT2D eigenvalue weighted by atomic mass is 10.1. The van der Waals surface area contributed by atoms with Crippen molar-refractivity contribution >= 4 is 9.84 Å². The van der Waals surface area contributed by atoms with Gasteiger partial charge < -0.3 is 4.98 Å². The summed E-state index contributed by atoms with van der Waals surface area (Å²) >= 11 is 0. The number of aromatic amines is 1. The molecule has 2 rings (SSSR count). The van der Waals surface area contributed by atoms with E-state index in [1.165, 1.54) is 6.26 Å². The number of imidazole rings is 1. The van der Waals surface area contributed by atoms with E-state index in [2.05, 4.69) is 9.97 Å². The molecular formula is C11H12N2O2S. The molecule has 2 aromatic rings. The summed E-state index contributed by atoms with van der Waals surface area (Å²) in [4.78, 5) is 7.10. The Morgan fingerprint density at radius 3 is 2.69 bits per heavy atom. The summed E-state index contributed by atoms with van der Waals surface area (Å²) in [7, 11) is -3.03. The van der Waals surface area contributed by atoms with Crippen LogP contribution in [0.25, 0.3) is 11.4 Å². The van der Waals surface area contributed by atoms with Crippen LogP contribution in [0.2, 0.25) is 0 Å². The third kappa shape index (κ3) is 2.49. The number of sulfone groups is 1. The van der Waals surface area contributed by atoms with Crippen molar-refractivity contribution in [3.8, 4) is 11.4 Å². The summed E-state index contributed by atoms with van der Waals surface area (Å²) < 4.78 is 22.6. The van der Waals surface area contributed by atoms with Crippen LogP contribution in [0.15, 0.2) is 36.7 Å². The number of nitrogens with zero attached hydrogens (tertiary/aromatic N) is 1. The first-order valence-electron chi connectivity index (χ1n) is 4.81. The topological polar surface area (TPSA) is 62.8 Å². The summed E-state index contributed by atoms with van der Waals surface area (Å²) in [6.45, 7) is 0. The zero-order valence-electron chi connectivity index (χ0n) is 8.84. The average Bonchev–Trinajstić information content (AvgIpc) is 2.69. The van der Waals surface area contributed by atoms with Crippen LogP contribution >= 0.6 is 0 Å². The Bertz CT molecular complexity index is 574. The van der Waals surface area contributed by atoms with Gasteiger partial charge in [-0.1, -0.05) is 24.3 Å². The normalized spacial score (nSPS) is 11.6. The van der Waals surface area contributed by atoms with Gasteiger partial charge in [-0.2, -0.15) is 0 Å². The molecule has 0 amide bonds. The minimum Gasteiger partial charge on any atom is -0.345 e. The van der Waals surface area contributed by atoms with Crippen molar-refractivity contribution in [1.29, 1.82) is 0 Å². The number of hydrogen-bond acceptors (Lipinski definition) is 3. The number of hydrogen-bond donors (Lipinski definition) is 1. The predicted molar refractivity (Wildman–Crippen MR) is 62.6 cm³/mol. The fourth-order valence-corrected chi connectivity index (χ4v) is 2.39. The predicted octanol–water partition coefficient (Wildman–Crippen LogP) is 1.62. The molecule has 1 aromatic carbocycles. The molecule has 0 spiro atoms. The molecule has 5 heteroatoms. The van der Waals surface area contributed by atoms with E-state index in [0.717, 1.165) is 11.1 Å². The minimum atomic E-state index is -3.03. The van der Waals surface area contributed by atoms with E-state index < -0.39 is 9.84 Å². The van der Waals surface area contributed by atoms with Crippen LogP contribution in [0.4, 0.5) is 0 Å². The summed E-state index contributed by atoms with van der Waals surface area (Å²) in [5.74, 6) is 0.725. The molecule has 0 bridgehead atoms. The molecule has 0 unspecified atom stereocenters. The molecule has 0 aliphatic heterocycles. The Balaban J connectivity index is 2.47. The first kappa shape index (κ1) is 10.9. The summed E-state index contributed by atoms with van der Waals surface area (Å²) in [6.07, 6.45) is 4.59. The number of H-pyrrole nitrogens is 1. The second-order valence-corrected chi connectivity index (χ2v) is 5.81. The van der Waals surface area contributed by atoms with Crippen molar-refractivity contribution in [2.24, 2.45) is 0 Å². The van der Waals surface area contributed by atoms with E-state index in [4.69, 9.17) is 0 Å². The molecule has 0 atom stereocenters. The zero-order chi connectivity index (χ0) is 11.6. The Hall–Kier alpha value is -1.62. The first-order chi connectivity index (χ1) is 7.56. The Morgan fingerprint density at radius 2 is 2.06 bits per heavy atom. The zero-order valence-corrected chi connectivity index (χ0v) is 9.66. The Kier molecular flexibility index (Phi) is 2.78. The van der Waals surface area contributed by atoms with Gasteiger partial charge in [0.2, 0.25) is 0 Å². The van der Waals surface area contributed by atoms with Gasteiger partial charge in [-0.25, -0.2) is 13.4 Å². The van der Waals surface area contributed by atoms with Gasteiger partial charge in [-0.15, -0.1) is 0 Å². The van der Waals surface area contributed by atoms with Gasteiger partial charge >= 0.3 is 0 Å². The van der Waals surface area contributed by atoms with Gasteiger partial charge in [0, 0.05) is 24.2 Å². The van der Waals surface area contributed by atoms with Crippen molar-refractivity contribution in [2.75, 3.05) is 6.26 Å². The molecule has 84 valence electrons. The monoisotopic (exact) mass is 236 g/mol. The highest BCUT2D eigenvalue weighted by Gasteiger charge is 2.11. The third-order valence-electron chi connectivity index (χ3n) is 2.19. The maximum atomic E-state index is 11.3. The highest BCUT2D eigenvalue weighted by molar-refractivity contribution is 7.89. The first-order valence-corrected chi connectivity index (χ1v) is 6.88. The van der Waals surface area contributed by atoms with Crippen LogP contribution in [0.5, 0.6) is 0 Å². The van der Waals surface area contributed by atoms with Crippen LogP contribution in [0.1, 0.15) is 5.56 Å². The lowest BCUT2D eigenvalue weighted by molar-refractivity contribution is 0.601. The van der Waals surface area contributed by atoms with Gasteiger partial charge in [0.15, 0.2) is 9.84 Å². The van der Waals surface area contributed by atoms with Gasteiger partial charge in [-0.3, -0.25) is 0 Å². The van der Waals surface area contributed by atoms with Crippen molar-refractivity contribution in [3.63, 3.8) is 0 Å². The van der Waals surface area contributed by atoms with Gasteiger partial charge in [0.1, 0.15) is 5.82 Å². The second-order valence-electron chi connectivity index (χ2n) is 3.67. The van der Waals surface area contributed by atoms with Gasteiger partial charge in [-0.05, 0) is 5.56 Å². The van der Waals surface area contributed by atoms with Crippen LogP contribution in [0, 0.1) is 0 Å². The lowest BCUT2D eigenvalue weighted by Crippen LogP contribution is -2.02. The maximum Gasteiger partial charge on any atom is 0.151 e. The van der Waals surface area contributed by atoms with Crippen LogP contribution in [0.3, 0.4) is 0 Å². The van der Waals surface area contributed by atoms with E-state index >= 15 is 0 Å². The second kappa shape index (κ2) is 4.09. The largest absolute Gasteiger partial charge is 0.345 e. The fraction of sp³-hybridized carbons (Fsp3) is 0.182. The van der Waals surface area contributed by atoms with Crippen LogP contribution in [-0.2, 0) is 15.6 Å². The third-order valence-corrected chi connectivity index (χ3v) is 3.02. The fourth-order valence-electron chi connectivity index (χ4n) is 1.57. The van der Waals surface area contributed by atoms with E-state index in [1.807, 2.05) is 18.2 Å². The molecule has 16 heavy (non-hydrogen) atoms. The summed E-state index contributed by atoms with van der Waals surface area (Å²) in [6, 6.07) is 7.36. The van der Waals surface area contributed by atoms with E-state index in [1.54, 1.807) is 18.5 Å². The SMILES string of the molecule is CS(=O)(=O)Cc1ccccc1-c1ncc[nH]1. The molecule has 4 nitrogen and oxygen atoms in total. The van der Waals surface area contributed by atoms with Crippen molar-refractivity contribution in [3.05, 3.63) is 42.2 Å². The van der Waals surface area contributed by atoms with Gasteiger partial charge in [0.05, 0.1) is 5.75 Å². The number of nitrogens with one attached hydrogen (secondary N) is 1. The molecular weight excluding hydrogens is 224 g/mol. The van der Waals surface area contributed by atoms with Gasteiger partial charge in [0.25, 0.3) is 0 Å². The molecule has 1 N–H and O–H groups in total. The molecule has 0 aliphatic rings. The molecule has 1 heterocycles. The standard InChI is InChI=1S/C11H12N2O2S/c1-16(14,15)8-9-4-2-3-5-10(9)11-12-6-7-13-11/h2-7H,8H2,1H3,(H,12,13). The Labute approximate surface area is 94.3 Å². The highest BCUT2D eigenvalue weighted by atomic mass is 32.2. The van der Waals surface area contributed by atoms with Crippen molar-refractivity contribution < 1.29 is 8.42 Å². The minimum absolute atomic E-state index is 0.0316. The molecule has 0 aliphatic carbocycles. The molecule has 0 saturated heterocycles. The Morgan fingerprint density at radius 1 is 1.31 bits per heavy atom. The van der Waals surface area contributed by atoms with Crippen molar-refractivity contribution in [1.82, 2.24) is 9.97 Å². The quantitative estimate of drug-likeness (QED) is 0.880. The average molecular weight is 236 g/mol. The number of rotatable bonds is 3. The van der Waals surface area contributed by atoms with Crippen molar-refractivity contribution in [2.45, 2.75) is 5.75 Å². The smallest absolute Gasteiger partial charge is 0.151 e. The van der Waals surface area contributed by atoms with Crippen LogP contribution < -0.4 is 0 Å². The van der Waals surface area contributed by atoms with E-state index in [0.29, 0.717) is 5.82 Å². The number of aromatic nitrogens is 2. The van der Waals surface area contributed by atoms with Crippen LogP contribution in [-0.4, -0.2) is 24.6 Å². The lowest BCUT2D eigenvalue weighted by Gasteiger charge is -2.05. The number of benzene rings is 1. The highest BCUT2D eigenvalue weighted by Crippen LogP contribution is 2.21. The summed E-state index contributed by atoms with van der Waals surface area (Å²) in [5, 5.41) is 0. The van der Waals surface area contributed by atoms with E-state index in [-0.39, 0.29) is 5.75 Å². The molecule has 0 saturated carbocycles. The van der Waals surface area contributed by atoms with E-state index in [9.17, 15) is 8.42 Å². The maximum absolute atomic E-state index is 11.3. The molecule has 1 aromatic heterocycles. The molecule has 0 radical (unpaired) electrons. The summed E-state index contributed by atoms with van der Waals surface area (Å²) in [5.41, 5.74) is 1.60. The molecule has 0 fully saturated rings.